The van der Waals surface area contributed by atoms with Crippen LogP contribution in [0.2, 0.25) is 0 Å². The molecule has 2 aromatic carbocycles. The van der Waals surface area contributed by atoms with Gasteiger partial charge in [0, 0.05) is 39.1 Å². The lowest BCUT2D eigenvalue weighted by molar-refractivity contribution is 0.0493. The summed E-state index contributed by atoms with van der Waals surface area (Å²) in [7, 11) is -3.36. The predicted molar refractivity (Wildman–Crippen MR) is 108 cm³/mol. The van der Waals surface area contributed by atoms with E-state index < -0.39 is 9.84 Å². The van der Waals surface area contributed by atoms with Crippen LogP contribution in [0.15, 0.2) is 47.4 Å². The Labute approximate surface area is 167 Å². The van der Waals surface area contributed by atoms with Crippen molar-refractivity contribution >= 4 is 9.84 Å². The zero-order valence-electron chi connectivity index (χ0n) is 16.3. The molecular formula is C22H27NO4S. The maximum atomic E-state index is 12.4. The summed E-state index contributed by atoms with van der Waals surface area (Å²) in [6.45, 7) is 4.55. The molecule has 5 nitrogen and oxygen atoms in total. The zero-order valence-corrected chi connectivity index (χ0v) is 17.1. The molecule has 0 aromatic heterocycles. The van der Waals surface area contributed by atoms with Crippen molar-refractivity contribution in [3.8, 4) is 5.75 Å². The summed E-state index contributed by atoms with van der Waals surface area (Å²) in [5.41, 5.74) is 3.69. The second-order valence-corrected chi connectivity index (χ2v) is 9.82. The maximum Gasteiger partial charge on any atom is 0.179 e. The van der Waals surface area contributed by atoms with Gasteiger partial charge in [0.05, 0.1) is 6.61 Å². The Kier molecular flexibility index (Phi) is 5.71. The van der Waals surface area contributed by atoms with Crippen LogP contribution >= 0.6 is 0 Å². The van der Waals surface area contributed by atoms with Crippen LogP contribution in [0.4, 0.5) is 0 Å². The van der Waals surface area contributed by atoms with Gasteiger partial charge >= 0.3 is 0 Å². The highest BCUT2D eigenvalue weighted by atomic mass is 32.2. The third kappa shape index (κ3) is 4.57. The van der Waals surface area contributed by atoms with E-state index in [1.807, 2.05) is 12.1 Å². The van der Waals surface area contributed by atoms with E-state index in [9.17, 15) is 8.42 Å². The molecule has 0 radical (unpaired) electrons. The van der Waals surface area contributed by atoms with Crippen LogP contribution in [-0.2, 0) is 34.2 Å². The lowest BCUT2D eigenvalue weighted by Gasteiger charge is -2.23. The fourth-order valence-electron chi connectivity index (χ4n) is 3.95. The number of nitrogens with zero attached hydrogens (tertiary/aromatic N) is 1. The van der Waals surface area contributed by atoms with Gasteiger partial charge in [-0.3, -0.25) is 4.90 Å². The minimum absolute atomic E-state index is 0.286. The van der Waals surface area contributed by atoms with Crippen molar-refractivity contribution in [2.75, 3.05) is 26.1 Å². The number of sulfone groups is 1. The number of ether oxygens (including phenoxy) is 2. The Morgan fingerprint density at radius 1 is 1.07 bits per heavy atom. The normalized spacial score (nSPS) is 18.2. The SMILES string of the molecule is CS(=O)(=O)c1cc(CN2Cc3ccccc3C2)ccc1OCC1CCOCC1. The van der Waals surface area contributed by atoms with E-state index in [2.05, 4.69) is 29.2 Å². The van der Waals surface area contributed by atoms with Crippen molar-refractivity contribution in [1.82, 2.24) is 4.90 Å². The van der Waals surface area contributed by atoms with Crippen molar-refractivity contribution in [2.45, 2.75) is 37.4 Å². The molecule has 0 bridgehead atoms. The van der Waals surface area contributed by atoms with E-state index in [0.717, 1.165) is 51.3 Å². The molecule has 2 heterocycles. The smallest absolute Gasteiger partial charge is 0.179 e. The van der Waals surface area contributed by atoms with Gasteiger partial charge in [0.2, 0.25) is 0 Å². The van der Waals surface area contributed by atoms with Crippen LogP contribution in [0.3, 0.4) is 0 Å². The molecule has 1 saturated heterocycles. The van der Waals surface area contributed by atoms with Gasteiger partial charge in [-0.25, -0.2) is 8.42 Å². The molecule has 0 atom stereocenters. The molecule has 6 heteroatoms. The highest BCUT2D eigenvalue weighted by Crippen LogP contribution is 2.29. The molecule has 0 aliphatic carbocycles. The van der Waals surface area contributed by atoms with Gasteiger partial charge in [0.15, 0.2) is 9.84 Å². The van der Waals surface area contributed by atoms with Crippen LogP contribution in [0.25, 0.3) is 0 Å². The van der Waals surface area contributed by atoms with E-state index in [4.69, 9.17) is 9.47 Å². The van der Waals surface area contributed by atoms with Crippen LogP contribution < -0.4 is 4.74 Å². The van der Waals surface area contributed by atoms with E-state index in [1.54, 1.807) is 6.07 Å². The number of rotatable bonds is 6. The van der Waals surface area contributed by atoms with E-state index >= 15 is 0 Å². The number of fused-ring (bicyclic) bond motifs is 1. The predicted octanol–water partition coefficient (Wildman–Crippen LogP) is 3.41. The average molecular weight is 402 g/mol. The second kappa shape index (κ2) is 8.23. The van der Waals surface area contributed by atoms with Crippen LogP contribution in [0.1, 0.15) is 29.5 Å². The van der Waals surface area contributed by atoms with Crippen molar-refractivity contribution in [3.05, 3.63) is 59.2 Å². The number of benzene rings is 2. The standard InChI is InChI=1S/C22H27NO4S/c1-28(24,25)22-12-18(13-23-14-19-4-2-3-5-20(19)15-23)6-7-21(22)27-16-17-8-10-26-11-9-17/h2-7,12,17H,8-11,13-16H2,1H3. The quantitative estimate of drug-likeness (QED) is 0.742. The van der Waals surface area contributed by atoms with Crippen molar-refractivity contribution in [3.63, 3.8) is 0 Å². The Morgan fingerprint density at radius 2 is 1.75 bits per heavy atom. The third-order valence-corrected chi connectivity index (χ3v) is 6.65. The summed E-state index contributed by atoms with van der Waals surface area (Å²) in [6, 6.07) is 14.0. The topological polar surface area (TPSA) is 55.8 Å². The fourth-order valence-corrected chi connectivity index (χ4v) is 4.81. The summed E-state index contributed by atoms with van der Waals surface area (Å²) in [6.07, 6.45) is 3.17. The Morgan fingerprint density at radius 3 is 2.39 bits per heavy atom. The molecule has 0 N–H and O–H groups in total. The summed E-state index contributed by atoms with van der Waals surface area (Å²) in [5, 5.41) is 0. The van der Waals surface area contributed by atoms with Gasteiger partial charge in [0.25, 0.3) is 0 Å². The molecule has 2 aliphatic rings. The lowest BCUT2D eigenvalue weighted by Crippen LogP contribution is -2.22. The summed E-state index contributed by atoms with van der Waals surface area (Å²) < 4.78 is 36.0. The Bertz CT molecular complexity index is 910. The summed E-state index contributed by atoms with van der Waals surface area (Å²) >= 11 is 0. The fraction of sp³-hybridized carbons (Fsp3) is 0.455. The minimum atomic E-state index is -3.36. The second-order valence-electron chi connectivity index (χ2n) is 7.83. The largest absolute Gasteiger partial charge is 0.492 e. The summed E-state index contributed by atoms with van der Waals surface area (Å²) in [5.74, 6) is 0.881. The Hall–Kier alpha value is -1.89. The maximum absolute atomic E-state index is 12.4. The minimum Gasteiger partial charge on any atom is -0.492 e. The van der Waals surface area contributed by atoms with Gasteiger partial charge in [-0.15, -0.1) is 0 Å². The molecule has 2 aliphatic heterocycles. The molecule has 4 rings (SSSR count). The molecule has 0 saturated carbocycles. The Balaban J connectivity index is 1.47. The highest BCUT2D eigenvalue weighted by molar-refractivity contribution is 7.90. The molecule has 150 valence electrons. The van der Waals surface area contributed by atoms with Crippen molar-refractivity contribution < 1.29 is 17.9 Å². The van der Waals surface area contributed by atoms with Gasteiger partial charge in [-0.05, 0) is 47.6 Å². The van der Waals surface area contributed by atoms with Crippen molar-refractivity contribution in [1.29, 1.82) is 0 Å². The first-order valence-corrected chi connectivity index (χ1v) is 11.7. The van der Waals surface area contributed by atoms with Crippen LogP contribution in [0.5, 0.6) is 5.75 Å². The molecule has 2 aromatic rings. The van der Waals surface area contributed by atoms with Gasteiger partial charge < -0.3 is 9.47 Å². The molecular weight excluding hydrogens is 374 g/mol. The number of hydrogen-bond donors (Lipinski definition) is 0. The zero-order chi connectivity index (χ0) is 19.6. The van der Waals surface area contributed by atoms with Gasteiger partial charge in [-0.1, -0.05) is 30.3 Å². The molecule has 1 fully saturated rings. The van der Waals surface area contributed by atoms with Crippen LogP contribution in [-0.4, -0.2) is 39.4 Å². The van der Waals surface area contributed by atoms with Gasteiger partial charge in [0.1, 0.15) is 10.6 Å². The molecule has 0 spiro atoms. The highest BCUT2D eigenvalue weighted by Gasteiger charge is 2.21. The monoisotopic (exact) mass is 401 g/mol. The first-order chi connectivity index (χ1) is 13.5. The molecule has 0 unspecified atom stereocenters. The molecule has 28 heavy (non-hydrogen) atoms. The average Bonchev–Trinajstić information content (AvgIpc) is 3.09. The first kappa shape index (κ1) is 19.4. The lowest BCUT2D eigenvalue weighted by atomic mass is 10.0. The number of hydrogen-bond acceptors (Lipinski definition) is 5. The third-order valence-electron chi connectivity index (χ3n) is 5.54. The van der Waals surface area contributed by atoms with Gasteiger partial charge in [-0.2, -0.15) is 0 Å². The first-order valence-electron chi connectivity index (χ1n) is 9.82. The summed E-state index contributed by atoms with van der Waals surface area (Å²) in [4.78, 5) is 2.61. The van der Waals surface area contributed by atoms with E-state index in [0.29, 0.717) is 18.3 Å². The van der Waals surface area contributed by atoms with Crippen LogP contribution in [0, 0.1) is 5.92 Å². The van der Waals surface area contributed by atoms with Crippen molar-refractivity contribution in [2.24, 2.45) is 5.92 Å². The van der Waals surface area contributed by atoms with E-state index in [1.165, 1.54) is 17.4 Å². The molecule has 0 amide bonds. The van der Waals surface area contributed by atoms with E-state index in [-0.39, 0.29) is 4.90 Å².